The first-order valence-electron chi connectivity index (χ1n) is 13.4. The lowest BCUT2D eigenvalue weighted by molar-refractivity contribution is -0.125. The average Bonchev–Trinajstić information content (AvgIpc) is 3.39. The number of carbonyl (C=O) groups excluding carboxylic acids is 2. The van der Waals surface area contributed by atoms with Crippen LogP contribution in [-0.4, -0.2) is 60.3 Å². The molecule has 2 atom stereocenters. The molecule has 40 heavy (non-hydrogen) atoms. The van der Waals surface area contributed by atoms with E-state index in [1.807, 2.05) is 48.5 Å². The number of aromatic nitrogens is 1. The molecule has 9 heteroatoms. The molecular formula is C31H36N4O5. The lowest BCUT2D eigenvalue weighted by atomic mass is 10.1. The van der Waals surface area contributed by atoms with Gasteiger partial charge in [-0.2, -0.15) is 0 Å². The lowest BCUT2D eigenvalue weighted by Gasteiger charge is -2.24. The second-order valence-corrected chi connectivity index (χ2v) is 9.73. The number of ether oxygens (including phenoxy) is 2. The summed E-state index contributed by atoms with van der Waals surface area (Å²) < 4.78 is 12.7. The predicted molar refractivity (Wildman–Crippen MR) is 155 cm³/mol. The third-order valence-corrected chi connectivity index (χ3v) is 6.90. The maximum atomic E-state index is 13.0. The van der Waals surface area contributed by atoms with Crippen LogP contribution in [0.4, 0.5) is 4.79 Å². The number of alkyl carbamates (subject to hydrolysis) is 1. The van der Waals surface area contributed by atoms with Crippen molar-refractivity contribution >= 4 is 22.9 Å². The fourth-order valence-electron chi connectivity index (χ4n) is 4.93. The van der Waals surface area contributed by atoms with E-state index in [1.165, 1.54) is 0 Å². The van der Waals surface area contributed by atoms with E-state index in [0.717, 1.165) is 16.5 Å². The van der Waals surface area contributed by atoms with Gasteiger partial charge in [-0.15, -0.1) is 6.58 Å². The number of fused-ring (bicyclic) bond motifs is 1. The Bertz CT molecular complexity index is 1390. The van der Waals surface area contributed by atoms with E-state index >= 15 is 0 Å². The van der Waals surface area contributed by atoms with Crippen molar-refractivity contribution in [3.05, 3.63) is 102 Å². The monoisotopic (exact) mass is 544 g/mol. The first kappa shape index (κ1) is 28.6. The molecule has 2 aromatic carbocycles. The molecule has 4 rings (SSSR count). The van der Waals surface area contributed by atoms with E-state index in [9.17, 15) is 14.4 Å². The standard InChI is InChI=1S/C31H36N4O5/c1-3-14-32-30(37)28-18-24(20-33-31(38)40-22-23-8-6-5-7-9-23)21-34(28)15-16-35-27-19-26(39-17-4-2)12-10-25(27)11-13-29(35)36/h3-13,19,24,28H,1-2,14-18,20-22H2,(H,32,37)(H,33,38)/t24-,28-/m0/s1. The van der Waals surface area contributed by atoms with E-state index in [-0.39, 0.29) is 30.0 Å². The maximum absolute atomic E-state index is 13.0. The van der Waals surface area contributed by atoms with Crippen LogP contribution in [0.15, 0.2) is 90.8 Å². The Balaban J connectivity index is 1.41. The molecule has 1 aliphatic heterocycles. The zero-order chi connectivity index (χ0) is 28.3. The molecule has 1 aromatic heterocycles. The van der Waals surface area contributed by atoms with Crippen molar-refractivity contribution in [2.45, 2.75) is 25.6 Å². The summed E-state index contributed by atoms with van der Waals surface area (Å²) in [7, 11) is 0. The van der Waals surface area contributed by atoms with Gasteiger partial charge in [0.05, 0.1) is 11.6 Å². The Morgan fingerprint density at radius 1 is 1.00 bits per heavy atom. The topological polar surface area (TPSA) is 102 Å². The molecule has 210 valence electrons. The number of hydrogen-bond donors (Lipinski definition) is 2. The van der Waals surface area contributed by atoms with Crippen LogP contribution < -0.4 is 20.9 Å². The van der Waals surface area contributed by atoms with Gasteiger partial charge >= 0.3 is 6.09 Å². The normalized spacial score (nSPS) is 16.8. The van der Waals surface area contributed by atoms with Crippen molar-refractivity contribution < 1.29 is 19.1 Å². The molecular weight excluding hydrogens is 508 g/mol. The Morgan fingerprint density at radius 2 is 1.80 bits per heavy atom. The van der Waals surface area contributed by atoms with Gasteiger partial charge in [0.1, 0.15) is 19.0 Å². The molecule has 1 aliphatic rings. The zero-order valence-corrected chi connectivity index (χ0v) is 22.6. The maximum Gasteiger partial charge on any atom is 0.407 e. The number of amides is 2. The molecule has 0 spiro atoms. The Hall–Kier alpha value is -4.37. The molecule has 1 saturated heterocycles. The van der Waals surface area contributed by atoms with Gasteiger partial charge in [0.25, 0.3) is 5.56 Å². The lowest BCUT2D eigenvalue weighted by Crippen LogP contribution is -2.44. The Labute approximate surface area is 234 Å². The molecule has 2 N–H and O–H groups in total. The molecule has 2 heterocycles. The second-order valence-electron chi connectivity index (χ2n) is 9.73. The highest BCUT2D eigenvalue weighted by molar-refractivity contribution is 5.82. The van der Waals surface area contributed by atoms with Crippen molar-refractivity contribution in [1.82, 2.24) is 20.1 Å². The summed E-state index contributed by atoms with van der Waals surface area (Å²) >= 11 is 0. The van der Waals surface area contributed by atoms with Crippen LogP contribution in [0, 0.1) is 5.92 Å². The number of pyridine rings is 1. The molecule has 0 unspecified atom stereocenters. The fraction of sp³-hybridized carbons (Fsp3) is 0.323. The SMILES string of the molecule is C=CCNC(=O)[C@@H]1C[C@@H](CNC(=O)OCc2ccccc2)CN1CCn1c(=O)ccc2ccc(OCC=C)cc21. The minimum atomic E-state index is -0.494. The van der Waals surface area contributed by atoms with Crippen molar-refractivity contribution in [2.24, 2.45) is 5.92 Å². The largest absolute Gasteiger partial charge is 0.489 e. The van der Waals surface area contributed by atoms with Gasteiger partial charge in [-0.1, -0.05) is 49.1 Å². The smallest absolute Gasteiger partial charge is 0.407 e. The van der Waals surface area contributed by atoms with Crippen LogP contribution in [-0.2, 0) is 22.7 Å². The first-order valence-corrected chi connectivity index (χ1v) is 13.4. The van der Waals surface area contributed by atoms with Crippen LogP contribution in [0.5, 0.6) is 5.75 Å². The molecule has 2 amide bonds. The summed E-state index contributed by atoms with van der Waals surface area (Å²) in [5.41, 5.74) is 1.55. The number of rotatable bonds is 13. The van der Waals surface area contributed by atoms with Crippen molar-refractivity contribution in [3.63, 3.8) is 0 Å². The fourth-order valence-corrected chi connectivity index (χ4v) is 4.93. The van der Waals surface area contributed by atoms with Crippen molar-refractivity contribution in [2.75, 3.05) is 32.8 Å². The third-order valence-electron chi connectivity index (χ3n) is 6.90. The molecule has 0 bridgehead atoms. The third kappa shape index (κ3) is 7.60. The van der Waals surface area contributed by atoms with E-state index in [0.29, 0.717) is 51.5 Å². The predicted octanol–water partition coefficient (Wildman–Crippen LogP) is 3.49. The average molecular weight is 545 g/mol. The van der Waals surface area contributed by atoms with Gasteiger partial charge in [-0.05, 0) is 41.5 Å². The van der Waals surface area contributed by atoms with E-state index in [2.05, 4.69) is 28.7 Å². The Kier molecular flexibility index (Phi) is 10.1. The summed E-state index contributed by atoms with van der Waals surface area (Å²) in [5, 5.41) is 6.65. The quantitative estimate of drug-likeness (QED) is 0.320. The van der Waals surface area contributed by atoms with Crippen LogP contribution in [0.1, 0.15) is 12.0 Å². The van der Waals surface area contributed by atoms with E-state index in [4.69, 9.17) is 9.47 Å². The number of likely N-dealkylation sites (tertiary alicyclic amines) is 1. The summed E-state index contributed by atoms with van der Waals surface area (Å²) in [5.74, 6) is 0.603. The number of nitrogens with zero attached hydrogens (tertiary/aromatic N) is 2. The van der Waals surface area contributed by atoms with Gasteiger partial charge in [-0.3, -0.25) is 14.5 Å². The van der Waals surface area contributed by atoms with Gasteiger partial charge in [0, 0.05) is 44.9 Å². The summed E-state index contributed by atoms with van der Waals surface area (Å²) in [4.78, 5) is 40.2. The van der Waals surface area contributed by atoms with Crippen molar-refractivity contribution in [3.8, 4) is 5.75 Å². The second kappa shape index (κ2) is 14.1. The molecule has 0 aliphatic carbocycles. The molecule has 0 radical (unpaired) electrons. The number of carbonyl (C=O) groups is 2. The highest BCUT2D eigenvalue weighted by Gasteiger charge is 2.36. The van der Waals surface area contributed by atoms with Gasteiger partial charge < -0.3 is 24.7 Å². The Morgan fingerprint density at radius 3 is 2.58 bits per heavy atom. The van der Waals surface area contributed by atoms with Crippen LogP contribution in [0.3, 0.4) is 0 Å². The van der Waals surface area contributed by atoms with E-state index in [1.54, 1.807) is 28.9 Å². The minimum Gasteiger partial charge on any atom is -0.489 e. The van der Waals surface area contributed by atoms with Crippen LogP contribution in [0.25, 0.3) is 10.9 Å². The van der Waals surface area contributed by atoms with Crippen molar-refractivity contribution in [1.29, 1.82) is 0 Å². The van der Waals surface area contributed by atoms with Gasteiger partial charge in [0.15, 0.2) is 0 Å². The summed E-state index contributed by atoms with van der Waals surface area (Å²) in [6.45, 7) is 10.1. The number of benzene rings is 2. The summed E-state index contributed by atoms with van der Waals surface area (Å²) in [6.07, 6.45) is 3.39. The summed E-state index contributed by atoms with van der Waals surface area (Å²) in [6, 6.07) is 18.1. The highest BCUT2D eigenvalue weighted by Crippen LogP contribution is 2.24. The van der Waals surface area contributed by atoms with Crippen LogP contribution >= 0.6 is 0 Å². The number of nitrogens with one attached hydrogen (secondary N) is 2. The molecule has 9 nitrogen and oxygen atoms in total. The van der Waals surface area contributed by atoms with Gasteiger partial charge in [-0.25, -0.2) is 4.79 Å². The molecule has 3 aromatic rings. The number of hydrogen-bond acceptors (Lipinski definition) is 6. The first-order chi connectivity index (χ1) is 19.5. The molecule has 1 fully saturated rings. The van der Waals surface area contributed by atoms with Crippen LogP contribution in [0.2, 0.25) is 0 Å². The van der Waals surface area contributed by atoms with Gasteiger partial charge in [0.2, 0.25) is 5.91 Å². The zero-order valence-electron chi connectivity index (χ0n) is 22.6. The minimum absolute atomic E-state index is 0.0481. The molecule has 0 saturated carbocycles. The highest BCUT2D eigenvalue weighted by atomic mass is 16.5. The van der Waals surface area contributed by atoms with E-state index < -0.39 is 6.09 Å².